The summed E-state index contributed by atoms with van der Waals surface area (Å²) in [5, 5.41) is 4.22. The third-order valence-electron chi connectivity index (χ3n) is 5.17. The van der Waals surface area contributed by atoms with E-state index in [-0.39, 0.29) is 11.9 Å². The molecule has 0 spiro atoms. The quantitative estimate of drug-likeness (QED) is 0.465. The van der Waals surface area contributed by atoms with Gasteiger partial charge in [-0.2, -0.15) is 0 Å². The molecule has 3 aromatic carbocycles. The second-order valence-corrected chi connectivity index (χ2v) is 7.17. The van der Waals surface area contributed by atoms with Crippen LogP contribution in [0.3, 0.4) is 0 Å². The van der Waals surface area contributed by atoms with Gasteiger partial charge in [0.05, 0.1) is 23.7 Å². The highest BCUT2D eigenvalue weighted by Gasteiger charge is 2.15. The molecule has 0 saturated heterocycles. The summed E-state index contributed by atoms with van der Waals surface area (Å²) >= 11 is 0. The molecular formula is C26H24N2O. The van der Waals surface area contributed by atoms with E-state index in [9.17, 15) is 4.79 Å². The van der Waals surface area contributed by atoms with Gasteiger partial charge in [0.25, 0.3) is 0 Å². The van der Waals surface area contributed by atoms with Gasteiger partial charge in [0, 0.05) is 10.9 Å². The Morgan fingerprint density at radius 1 is 0.897 bits per heavy atom. The lowest BCUT2D eigenvalue weighted by molar-refractivity contribution is -0.121. The standard InChI is InChI=1S/C26H24N2O/c1-2-23(19-11-5-3-6-12-19)28-26(29)18-21-17-25(20-13-7-4-8-14-20)27-24-16-10-9-15-22(21)24/h3-17,23H,2,18H2,1H3,(H,28,29)/t23-/m1/s1. The van der Waals surface area contributed by atoms with Gasteiger partial charge in [0.1, 0.15) is 0 Å². The van der Waals surface area contributed by atoms with E-state index in [2.05, 4.69) is 24.4 Å². The van der Waals surface area contributed by atoms with Crippen LogP contribution in [0.25, 0.3) is 22.2 Å². The Balaban J connectivity index is 1.63. The van der Waals surface area contributed by atoms with Gasteiger partial charge in [-0.05, 0) is 29.7 Å². The van der Waals surface area contributed by atoms with Crippen molar-refractivity contribution in [3.8, 4) is 11.3 Å². The van der Waals surface area contributed by atoms with Crippen LogP contribution in [0, 0.1) is 0 Å². The van der Waals surface area contributed by atoms with Gasteiger partial charge in [0.2, 0.25) is 5.91 Å². The zero-order valence-electron chi connectivity index (χ0n) is 16.5. The summed E-state index contributed by atoms with van der Waals surface area (Å²) in [5.74, 6) is 0.0241. The van der Waals surface area contributed by atoms with Crippen molar-refractivity contribution < 1.29 is 4.79 Å². The summed E-state index contributed by atoms with van der Waals surface area (Å²) in [6.45, 7) is 2.09. The number of carbonyl (C=O) groups excluding carboxylic acids is 1. The predicted molar refractivity (Wildman–Crippen MR) is 118 cm³/mol. The van der Waals surface area contributed by atoms with Crippen LogP contribution >= 0.6 is 0 Å². The number of fused-ring (bicyclic) bond motifs is 1. The van der Waals surface area contributed by atoms with E-state index in [1.54, 1.807) is 0 Å². The molecule has 0 bridgehead atoms. The van der Waals surface area contributed by atoms with E-state index >= 15 is 0 Å². The van der Waals surface area contributed by atoms with Crippen molar-refractivity contribution in [2.75, 3.05) is 0 Å². The highest BCUT2D eigenvalue weighted by molar-refractivity contribution is 5.90. The van der Waals surface area contributed by atoms with E-state index in [1.807, 2.05) is 78.9 Å². The van der Waals surface area contributed by atoms with Crippen LogP contribution < -0.4 is 5.32 Å². The van der Waals surface area contributed by atoms with Crippen molar-refractivity contribution in [1.82, 2.24) is 10.3 Å². The summed E-state index contributed by atoms with van der Waals surface area (Å²) in [5.41, 5.74) is 4.98. The van der Waals surface area contributed by atoms with Crippen molar-refractivity contribution in [2.45, 2.75) is 25.8 Å². The second-order valence-electron chi connectivity index (χ2n) is 7.17. The number of para-hydroxylation sites is 1. The first kappa shape index (κ1) is 18.9. The van der Waals surface area contributed by atoms with Gasteiger partial charge in [-0.15, -0.1) is 0 Å². The number of aromatic nitrogens is 1. The maximum absolute atomic E-state index is 12.9. The first-order chi connectivity index (χ1) is 14.2. The summed E-state index contributed by atoms with van der Waals surface area (Å²) in [6, 6.07) is 30.3. The van der Waals surface area contributed by atoms with Crippen LogP contribution in [0.2, 0.25) is 0 Å². The first-order valence-electron chi connectivity index (χ1n) is 10.0. The fourth-order valence-electron chi connectivity index (χ4n) is 3.68. The van der Waals surface area contributed by atoms with Crippen LogP contribution in [0.15, 0.2) is 91.0 Å². The van der Waals surface area contributed by atoms with Crippen LogP contribution in [0.5, 0.6) is 0 Å². The van der Waals surface area contributed by atoms with E-state index < -0.39 is 0 Å². The molecular weight excluding hydrogens is 356 g/mol. The molecule has 144 valence electrons. The van der Waals surface area contributed by atoms with Crippen LogP contribution in [0.1, 0.15) is 30.5 Å². The molecule has 29 heavy (non-hydrogen) atoms. The van der Waals surface area contributed by atoms with Crippen LogP contribution in [0.4, 0.5) is 0 Å². The summed E-state index contributed by atoms with van der Waals surface area (Å²) in [7, 11) is 0. The normalized spacial score (nSPS) is 11.9. The molecule has 3 nitrogen and oxygen atoms in total. The van der Waals surface area contributed by atoms with E-state index in [4.69, 9.17) is 4.98 Å². The van der Waals surface area contributed by atoms with E-state index in [0.29, 0.717) is 6.42 Å². The molecule has 1 atom stereocenters. The van der Waals surface area contributed by atoms with Crippen molar-refractivity contribution in [2.24, 2.45) is 0 Å². The number of nitrogens with zero attached hydrogens (tertiary/aromatic N) is 1. The van der Waals surface area contributed by atoms with Gasteiger partial charge >= 0.3 is 0 Å². The van der Waals surface area contributed by atoms with Crippen LogP contribution in [-0.2, 0) is 11.2 Å². The molecule has 0 aliphatic carbocycles. The van der Waals surface area contributed by atoms with Gasteiger partial charge in [-0.1, -0.05) is 85.8 Å². The summed E-state index contributed by atoms with van der Waals surface area (Å²) in [6.07, 6.45) is 1.17. The first-order valence-corrected chi connectivity index (χ1v) is 10.0. The van der Waals surface area contributed by atoms with E-state index in [0.717, 1.165) is 39.7 Å². The monoisotopic (exact) mass is 380 g/mol. The largest absolute Gasteiger partial charge is 0.349 e. The SMILES string of the molecule is CC[C@@H](NC(=O)Cc1cc(-c2ccccc2)nc2ccccc12)c1ccccc1. The number of hydrogen-bond acceptors (Lipinski definition) is 2. The Morgan fingerprint density at radius 2 is 1.55 bits per heavy atom. The third-order valence-corrected chi connectivity index (χ3v) is 5.17. The number of benzene rings is 3. The maximum atomic E-state index is 12.9. The number of rotatable bonds is 6. The van der Waals surface area contributed by atoms with Crippen molar-refractivity contribution in [3.05, 3.63) is 102 Å². The molecule has 4 aromatic rings. The van der Waals surface area contributed by atoms with Crippen molar-refractivity contribution >= 4 is 16.8 Å². The maximum Gasteiger partial charge on any atom is 0.224 e. The number of pyridine rings is 1. The Bertz CT molecular complexity index is 1110. The van der Waals surface area contributed by atoms with Crippen molar-refractivity contribution in [3.63, 3.8) is 0 Å². The highest BCUT2D eigenvalue weighted by atomic mass is 16.1. The third kappa shape index (κ3) is 4.35. The fraction of sp³-hybridized carbons (Fsp3) is 0.154. The van der Waals surface area contributed by atoms with Crippen LogP contribution in [-0.4, -0.2) is 10.9 Å². The molecule has 0 aliphatic rings. The molecule has 0 unspecified atom stereocenters. The Hall–Kier alpha value is -3.46. The lowest BCUT2D eigenvalue weighted by Crippen LogP contribution is -2.29. The molecule has 4 rings (SSSR count). The smallest absolute Gasteiger partial charge is 0.224 e. The highest BCUT2D eigenvalue weighted by Crippen LogP contribution is 2.25. The molecule has 3 heteroatoms. The molecule has 1 heterocycles. The molecule has 1 N–H and O–H groups in total. The molecule has 0 radical (unpaired) electrons. The minimum absolute atomic E-state index is 0.0189. The average molecular weight is 380 g/mol. The van der Waals surface area contributed by atoms with Crippen molar-refractivity contribution in [1.29, 1.82) is 0 Å². The number of amides is 1. The number of hydrogen-bond donors (Lipinski definition) is 1. The molecule has 1 amide bonds. The lowest BCUT2D eigenvalue weighted by Gasteiger charge is -2.18. The zero-order chi connectivity index (χ0) is 20.1. The second kappa shape index (κ2) is 8.70. The lowest BCUT2D eigenvalue weighted by atomic mass is 10.0. The molecule has 0 fully saturated rings. The van der Waals surface area contributed by atoms with E-state index in [1.165, 1.54) is 0 Å². The Morgan fingerprint density at radius 3 is 2.28 bits per heavy atom. The predicted octanol–water partition coefficient (Wildman–Crippen LogP) is 5.71. The minimum atomic E-state index is 0.0189. The molecule has 0 saturated carbocycles. The fourth-order valence-corrected chi connectivity index (χ4v) is 3.68. The molecule has 0 aliphatic heterocycles. The van der Waals surface area contributed by atoms with Gasteiger partial charge in [0.15, 0.2) is 0 Å². The molecule has 1 aromatic heterocycles. The van der Waals surface area contributed by atoms with Gasteiger partial charge in [-0.3, -0.25) is 4.79 Å². The summed E-state index contributed by atoms with van der Waals surface area (Å²) in [4.78, 5) is 17.7. The average Bonchev–Trinajstić information content (AvgIpc) is 2.78. The number of carbonyl (C=O) groups is 1. The zero-order valence-corrected chi connectivity index (χ0v) is 16.5. The Kier molecular flexibility index (Phi) is 5.66. The number of nitrogens with one attached hydrogen (secondary N) is 1. The minimum Gasteiger partial charge on any atom is -0.349 e. The Labute approximate surface area is 171 Å². The topological polar surface area (TPSA) is 42.0 Å². The van der Waals surface area contributed by atoms with Gasteiger partial charge in [-0.25, -0.2) is 4.98 Å². The summed E-state index contributed by atoms with van der Waals surface area (Å²) < 4.78 is 0. The van der Waals surface area contributed by atoms with Gasteiger partial charge < -0.3 is 5.32 Å².